The highest BCUT2D eigenvalue weighted by Gasteiger charge is 2.39. The molecule has 22 N–H and O–H groups in total. The first kappa shape index (κ1) is 87.1. The first-order valence-corrected chi connectivity index (χ1v) is 37.7. The molecule has 115 heavy (non-hydrogen) atoms. The third-order valence-electron chi connectivity index (χ3n) is 19.3. The third kappa shape index (κ3) is 28.1. The van der Waals surface area contributed by atoms with Gasteiger partial charge in [0.15, 0.2) is 11.9 Å². The average molecular weight is 1590 g/mol. The number of nitrogens with two attached hydrogens (primary N) is 2. The van der Waals surface area contributed by atoms with Gasteiger partial charge in [-0.05, 0) is 119 Å². The molecule has 6 aromatic rings. The number of amides is 14. The predicted molar refractivity (Wildman–Crippen MR) is 423 cm³/mol. The number of phenolic OH excluding ortho intramolecular Hbond substituents is 2. The summed E-state index contributed by atoms with van der Waals surface area (Å²) in [6, 6.07) is 27.0. The Bertz CT molecular complexity index is 4250. The van der Waals surface area contributed by atoms with Gasteiger partial charge in [-0.25, -0.2) is 0 Å². The zero-order valence-electron chi connectivity index (χ0n) is 63.8. The number of carbonyl (C=O) groups is 14. The molecule has 2 saturated heterocycles. The highest BCUT2D eigenvalue weighted by Crippen LogP contribution is 2.22. The number of benzene rings is 6. The maximum Gasteiger partial charge on any atom is 0.245 e. The number of phenols is 2. The minimum atomic E-state index is -1.38. The molecule has 0 unspecified atom stereocenters. The van der Waals surface area contributed by atoms with Gasteiger partial charge in [0.2, 0.25) is 82.7 Å². The molecule has 0 saturated carbocycles. The van der Waals surface area contributed by atoms with Crippen LogP contribution in [0.3, 0.4) is 0 Å². The van der Waals surface area contributed by atoms with Crippen LogP contribution in [0.1, 0.15) is 80.0 Å². The molecule has 8 atom stereocenters. The van der Waals surface area contributed by atoms with Crippen LogP contribution in [0.4, 0.5) is 0 Å². The highest BCUT2D eigenvalue weighted by molar-refractivity contribution is 6.01. The molecule has 36 nitrogen and oxygen atoms in total. The summed E-state index contributed by atoms with van der Waals surface area (Å²) in [5.74, 6) is -11.9. The molecule has 0 aromatic heterocycles. The summed E-state index contributed by atoms with van der Waals surface area (Å²) in [5.41, 5.74) is 13.4. The topological polar surface area (TPSA) is 554 Å². The molecule has 612 valence electrons. The van der Waals surface area contributed by atoms with E-state index in [1.54, 1.807) is 12.1 Å². The number of nitrogens with one attached hydrogen (secondary N) is 16. The van der Waals surface area contributed by atoms with Gasteiger partial charge in [-0.15, -0.1) is 0 Å². The number of rotatable bonds is 30. The second-order valence-corrected chi connectivity index (χ2v) is 28.0. The number of guanidine groups is 2. The summed E-state index contributed by atoms with van der Waals surface area (Å²) in [6.45, 7) is -2.57. The summed E-state index contributed by atoms with van der Waals surface area (Å²) < 4.78 is 0. The fraction of sp³-hybridized carbons (Fsp3) is 0.392. The molecule has 14 amide bonds. The first-order chi connectivity index (χ1) is 55.0. The minimum absolute atomic E-state index is 0.000887. The van der Waals surface area contributed by atoms with Crippen LogP contribution in [-0.4, -0.2) is 229 Å². The number of nitrogens with zero attached hydrogens (tertiary/aromatic N) is 2. The lowest BCUT2D eigenvalue weighted by Crippen LogP contribution is -2.58. The predicted octanol–water partition coefficient (Wildman–Crippen LogP) is -2.56. The lowest BCUT2D eigenvalue weighted by Gasteiger charge is -2.32. The SMILES string of the molecule is CN1C(=O)[C@@H](Cc2ccc(O)cc2)NC(=O)CNC(=O)[C@H](Cc2ccc3ccccc3c2)NC(=O)[C@H](CCCNC(=N)N)NC(=O)[C@H]1CCCNC(=O)CNC(=O)CC(=O)NCC(=O)NCCC[C@@H]1C(=O)N[C@@H](CCCNC(=N)N)C(=O)N[C@@H](Cc2ccc3ccccc3c2)C(=O)NCC(=O)N[C@H](Cc2ccc(O)cc2)C(=O)N1C. The fourth-order valence-corrected chi connectivity index (χ4v) is 13.1. The van der Waals surface area contributed by atoms with Gasteiger partial charge in [0.1, 0.15) is 66.3 Å². The number of hydrogen-bond acceptors (Lipinski definition) is 18. The van der Waals surface area contributed by atoms with Crippen molar-refractivity contribution in [2.75, 3.05) is 66.5 Å². The van der Waals surface area contributed by atoms with Gasteiger partial charge in [0.05, 0.1) is 26.2 Å². The quantitative estimate of drug-likeness (QED) is 0.00954. The van der Waals surface area contributed by atoms with E-state index in [0.717, 1.165) is 31.3 Å². The summed E-state index contributed by atoms with van der Waals surface area (Å²) >= 11 is 0. The Balaban J connectivity index is 0.870. The van der Waals surface area contributed by atoms with E-state index in [1.807, 2.05) is 72.8 Å². The fourth-order valence-electron chi connectivity index (χ4n) is 13.1. The van der Waals surface area contributed by atoms with Gasteiger partial charge in [-0.3, -0.25) is 77.9 Å². The van der Waals surface area contributed by atoms with Crippen molar-refractivity contribution in [2.24, 2.45) is 11.5 Å². The summed E-state index contributed by atoms with van der Waals surface area (Å²) in [6.07, 6.45) is -1.26. The van der Waals surface area contributed by atoms with Gasteiger partial charge < -0.3 is 106 Å². The molecule has 2 fully saturated rings. The molecule has 0 radical (unpaired) electrons. The largest absolute Gasteiger partial charge is 0.508 e. The summed E-state index contributed by atoms with van der Waals surface area (Å²) in [7, 11) is 2.64. The van der Waals surface area contributed by atoms with Crippen LogP contribution in [-0.2, 0) is 92.8 Å². The Morgan fingerprint density at radius 2 is 0.713 bits per heavy atom. The maximum atomic E-state index is 14.7. The maximum absolute atomic E-state index is 14.7. The lowest BCUT2D eigenvalue weighted by molar-refractivity contribution is -0.142. The molecular weight excluding hydrogens is 1480 g/mol. The van der Waals surface area contributed by atoms with E-state index >= 15 is 0 Å². The van der Waals surface area contributed by atoms with Crippen molar-refractivity contribution in [1.29, 1.82) is 10.8 Å². The van der Waals surface area contributed by atoms with Crippen molar-refractivity contribution < 1.29 is 77.3 Å². The second-order valence-electron chi connectivity index (χ2n) is 28.0. The lowest BCUT2D eigenvalue weighted by atomic mass is 10.00. The molecule has 6 aromatic carbocycles. The van der Waals surface area contributed by atoms with Crippen LogP contribution < -0.4 is 85.9 Å². The summed E-state index contributed by atoms with van der Waals surface area (Å²) in [4.78, 5) is 198. The summed E-state index contributed by atoms with van der Waals surface area (Å²) in [5, 5.41) is 75.6. The molecular formula is C79H100N20O16. The van der Waals surface area contributed by atoms with Crippen molar-refractivity contribution in [3.05, 3.63) is 156 Å². The monoisotopic (exact) mass is 1580 g/mol. The van der Waals surface area contributed by atoms with E-state index < -0.39 is 164 Å². The van der Waals surface area contributed by atoms with Crippen molar-refractivity contribution in [3.63, 3.8) is 0 Å². The molecule has 2 aliphatic heterocycles. The van der Waals surface area contributed by atoms with E-state index in [1.165, 1.54) is 62.6 Å². The Hall–Kier alpha value is -13.4. The van der Waals surface area contributed by atoms with Crippen LogP contribution in [0, 0.1) is 10.8 Å². The van der Waals surface area contributed by atoms with Crippen LogP contribution >= 0.6 is 0 Å². The van der Waals surface area contributed by atoms with Gasteiger partial charge in [-0.2, -0.15) is 0 Å². The van der Waals surface area contributed by atoms with Crippen molar-refractivity contribution >= 4 is 116 Å². The van der Waals surface area contributed by atoms with Crippen LogP contribution in [0.15, 0.2) is 133 Å². The van der Waals surface area contributed by atoms with E-state index in [0.29, 0.717) is 22.3 Å². The molecule has 8 rings (SSSR count). The first-order valence-electron chi connectivity index (χ1n) is 37.7. The third-order valence-corrected chi connectivity index (χ3v) is 19.3. The van der Waals surface area contributed by atoms with Gasteiger partial charge in [-0.1, -0.05) is 109 Å². The van der Waals surface area contributed by atoms with Crippen molar-refractivity contribution in [2.45, 2.75) is 132 Å². The Labute approximate surface area is 662 Å². The van der Waals surface area contributed by atoms with Crippen molar-refractivity contribution in [3.8, 4) is 11.5 Å². The minimum Gasteiger partial charge on any atom is -0.508 e. The molecule has 36 heteroatoms. The molecule has 0 aliphatic carbocycles. The van der Waals surface area contributed by atoms with Crippen molar-refractivity contribution in [1.82, 2.24) is 84.2 Å². The number of fused-ring (bicyclic) bond motifs is 2. The Morgan fingerprint density at radius 3 is 1.09 bits per heavy atom. The Morgan fingerprint density at radius 1 is 0.383 bits per heavy atom. The zero-order valence-corrected chi connectivity index (χ0v) is 63.8. The highest BCUT2D eigenvalue weighted by atomic mass is 16.3. The van der Waals surface area contributed by atoms with E-state index in [2.05, 4.69) is 74.4 Å². The number of likely N-dealkylation sites (N-methyl/N-ethyl adjacent to an activating group) is 2. The van der Waals surface area contributed by atoms with E-state index in [4.69, 9.17) is 22.3 Å². The van der Waals surface area contributed by atoms with Gasteiger partial charge in [0, 0.05) is 66.0 Å². The van der Waals surface area contributed by atoms with E-state index in [-0.39, 0.29) is 127 Å². The second kappa shape index (κ2) is 43.4. The standard InChI is InChI=1S/C79H100N20O16/c1-98-62(74(112)94-56(15-7-33-86-78(80)81)72(110)96-58(39-48-19-25-50-11-3-5-13-52(50)35-48)70(108)90-44-68(106)92-60(76(98)114)37-46-21-27-54(100)28-22-46)17-9-31-84-66(104)42-88-64(102)41-65(103)89-43-67(105)85-32-10-18-63-75(113)95-57(16-8-34-87-79(82)83)73(111)97-59(40-49-20-26-51-12-4-6-14-53(51)36-49)71(109)91-45-69(107)93-61(77(115)99(63)2)38-47-23-29-55(101)30-24-47/h3-6,11-14,19-30,35-36,56-63,100-101H,7-10,15-18,31-34,37-45H2,1-2H3,(H,84,104)(H,85,105)(H,88,102)(H,89,103)(H,90,108)(H,91,109)(H,92,106)(H,93,107)(H,94,112)(H,95,113)(H,96,110)(H,97,111)(H4,80,81,86)(H4,82,83,87)/t56-,57-,58-,59-,60+,61+,62+,63+/m0/s1. The van der Waals surface area contributed by atoms with E-state index in [9.17, 15) is 77.3 Å². The van der Waals surface area contributed by atoms with Gasteiger partial charge in [0.25, 0.3) is 0 Å². The smallest absolute Gasteiger partial charge is 0.245 e. The van der Waals surface area contributed by atoms with Gasteiger partial charge >= 0.3 is 0 Å². The Kier molecular flexibility index (Phi) is 32.9. The zero-order chi connectivity index (χ0) is 83.1. The molecule has 2 heterocycles. The number of hydrogen-bond donors (Lipinski definition) is 20. The molecule has 0 bridgehead atoms. The molecule has 0 spiro atoms. The number of carbonyl (C=O) groups excluding carboxylic acids is 14. The van der Waals surface area contributed by atoms with Crippen LogP contribution in [0.25, 0.3) is 21.5 Å². The molecule has 2 aliphatic rings. The van der Waals surface area contributed by atoms with Crippen LogP contribution in [0.5, 0.6) is 11.5 Å². The number of aromatic hydroxyl groups is 2. The normalized spacial score (nSPS) is 19.6. The van der Waals surface area contributed by atoms with Crippen LogP contribution in [0.2, 0.25) is 0 Å². The average Bonchev–Trinajstić information content (AvgIpc) is 1.83.